The molecule has 1 aromatic heterocycles. The summed E-state index contributed by atoms with van der Waals surface area (Å²) in [7, 11) is 0. The first-order valence-electron chi connectivity index (χ1n) is 7.16. The minimum Gasteiger partial charge on any atom is -0.491 e. The molecule has 1 aliphatic rings. The lowest BCUT2D eigenvalue weighted by molar-refractivity contribution is -0.131. The Morgan fingerprint density at radius 3 is 2.83 bits per heavy atom. The number of rotatable bonds is 5. The second kappa shape index (κ2) is 6.74. The molecule has 1 unspecified atom stereocenters. The number of nitrogens with one attached hydrogen (secondary N) is 1. The van der Waals surface area contributed by atoms with E-state index in [1.54, 1.807) is 25.1 Å². The molecule has 1 fully saturated rings. The number of ether oxygens (including phenoxy) is 1. The van der Waals surface area contributed by atoms with Gasteiger partial charge in [0.1, 0.15) is 17.9 Å². The van der Waals surface area contributed by atoms with Crippen molar-refractivity contribution in [1.82, 2.24) is 10.2 Å². The summed E-state index contributed by atoms with van der Waals surface area (Å²) in [5, 5.41) is 7.10. The maximum atomic E-state index is 12.7. The van der Waals surface area contributed by atoms with Gasteiger partial charge in [-0.1, -0.05) is 11.6 Å². The largest absolute Gasteiger partial charge is 0.491 e. The zero-order valence-electron chi connectivity index (χ0n) is 12.7. The van der Waals surface area contributed by atoms with Crippen LogP contribution in [0.15, 0.2) is 39.5 Å². The van der Waals surface area contributed by atoms with E-state index in [9.17, 15) is 9.59 Å². The van der Waals surface area contributed by atoms with E-state index in [1.807, 2.05) is 16.8 Å². The maximum absolute atomic E-state index is 12.7. The number of imide groups is 1. The maximum Gasteiger partial charge on any atom is 0.325 e. The summed E-state index contributed by atoms with van der Waals surface area (Å²) in [4.78, 5) is 26.0. The van der Waals surface area contributed by atoms with Crippen LogP contribution in [-0.2, 0) is 10.3 Å². The van der Waals surface area contributed by atoms with Gasteiger partial charge in [0.15, 0.2) is 0 Å². The number of urea groups is 1. The molecule has 0 saturated carbocycles. The van der Waals surface area contributed by atoms with Crippen molar-refractivity contribution in [1.29, 1.82) is 0 Å². The van der Waals surface area contributed by atoms with E-state index in [1.165, 1.54) is 16.2 Å². The van der Waals surface area contributed by atoms with Crippen LogP contribution in [0.4, 0.5) is 4.79 Å². The fourth-order valence-electron chi connectivity index (χ4n) is 2.48. The van der Waals surface area contributed by atoms with Crippen molar-refractivity contribution in [2.45, 2.75) is 12.5 Å². The van der Waals surface area contributed by atoms with E-state index >= 15 is 0 Å². The minimum atomic E-state index is -1.02. The molecule has 1 atom stereocenters. The van der Waals surface area contributed by atoms with Gasteiger partial charge in [0.25, 0.3) is 5.91 Å². The third-order valence-electron chi connectivity index (χ3n) is 3.84. The molecule has 1 aliphatic heterocycles. The molecule has 0 aliphatic carbocycles. The van der Waals surface area contributed by atoms with Crippen molar-refractivity contribution in [3.63, 3.8) is 0 Å². The first-order chi connectivity index (χ1) is 11.4. The third-order valence-corrected chi connectivity index (χ3v) is 5.38. The number of nitrogens with zero attached hydrogens (tertiary/aromatic N) is 1. The van der Waals surface area contributed by atoms with E-state index in [0.717, 1.165) is 10.0 Å². The predicted octanol–water partition coefficient (Wildman–Crippen LogP) is 4.01. The van der Waals surface area contributed by atoms with Crippen LogP contribution in [0.25, 0.3) is 0 Å². The number of hydrogen-bond acceptors (Lipinski definition) is 4. The fourth-order valence-corrected chi connectivity index (χ4v) is 4.05. The molecule has 1 saturated heterocycles. The van der Waals surface area contributed by atoms with Crippen molar-refractivity contribution < 1.29 is 14.3 Å². The Balaban J connectivity index is 1.65. The van der Waals surface area contributed by atoms with Gasteiger partial charge in [0, 0.05) is 5.02 Å². The van der Waals surface area contributed by atoms with Crippen LogP contribution in [0, 0.1) is 0 Å². The average Bonchev–Trinajstić information content (AvgIpc) is 3.13. The van der Waals surface area contributed by atoms with E-state index in [-0.39, 0.29) is 19.1 Å². The second-order valence-corrected chi connectivity index (χ2v) is 7.52. The van der Waals surface area contributed by atoms with Crippen LogP contribution >= 0.6 is 38.9 Å². The summed E-state index contributed by atoms with van der Waals surface area (Å²) in [5.74, 6) is 0.330. The molecule has 8 heteroatoms. The van der Waals surface area contributed by atoms with Gasteiger partial charge in [-0.05, 0) is 63.4 Å². The Morgan fingerprint density at radius 1 is 1.38 bits per heavy atom. The zero-order chi connectivity index (χ0) is 17.3. The molecule has 126 valence electrons. The molecule has 24 heavy (non-hydrogen) atoms. The van der Waals surface area contributed by atoms with E-state index in [0.29, 0.717) is 10.8 Å². The summed E-state index contributed by atoms with van der Waals surface area (Å²) in [5.41, 5.74) is -0.229. The Kier molecular flexibility index (Phi) is 4.85. The number of carbonyl (C=O) groups excluding carboxylic acids is 2. The summed E-state index contributed by atoms with van der Waals surface area (Å²) < 4.78 is 6.35. The van der Waals surface area contributed by atoms with E-state index in [4.69, 9.17) is 16.3 Å². The SMILES string of the molecule is CC1(c2ccsc2)NC(=O)N(CCOc2ccc(Cl)cc2Br)C1=O. The summed E-state index contributed by atoms with van der Waals surface area (Å²) in [6.07, 6.45) is 0. The van der Waals surface area contributed by atoms with Crippen LogP contribution in [0.1, 0.15) is 12.5 Å². The lowest BCUT2D eigenvalue weighted by Crippen LogP contribution is -2.41. The van der Waals surface area contributed by atoms with Gasteiger partial charge >= 0.3 is 6.03 Å². The molecule has 0 radical (unpaired) electrons. The van der Waals surface area contributed by atoms with Gasteiger partial charge in [-0.3, -0.25) is 9.69 Å². The van der Waals surface area contributed by atoms with Crippen LogP contribution in [0.2, 0.25) is 5.02 Å². The fraction of sp³-hybridized carbons (Fsp3) is 0.250. The number of benzene rings is 1. The lowest BCUT2D eigenvalue weighted by Gasteiger charge is -2.20. The molecule has 2 heterocycles. The van der Waals surface area contributed by atoms with Gasteiger partial charge in [0.2, 0.25) is 0 Å². The van der Waals surface area contributed by atoms with Crippen LogP contribution in [-0.4, -0.2) is 30.0 Å². The Hall–Kier alpha value is -1.57. The van der Waals surface area contributed by atoms with Crippen molar-refractivity contribution >= 4 is 50.8 Å². The molecule has 0 bridgehead atoms. The van der Waals surface area contributed by atoms with Crippen molar-refractivity contribution in [3.8, 4) is 5.75 Å². The van der Waals surface area contributed by atoms with Gasteiger partial charge in [-0.2, -0.15) is 11.3 Å². The number of carbonyl (C=O) groups is 2. The molecule has 1 aromatic carbocycles. The first kappa shape index (κ1) is 17.3. The number of hydrogen-bond donors (Lipinski definition) is 1. The van der Waals surface area contributed by atoms with E-state index in [2.05, 4.69) is 21.2 Å². The normalized spacial score (nSPS) is 20.4. The highest BCUT2D eigenvalue weighted by molar-refractivity contribution is 9.10. The van der Waals surface area contributed by atoms with Gasteiger partial charge < -0.3 is 10.1 Å². The minimum absolute atomic E-state index is 0.166. The molecule has 5 nitrogen and oxygen atoms in total. The quantitative estimate of drug-likeness (QED) is 0.731. The molecule has 3 rings (SSSR count). The highest BCUT2D eigenvalue weighted by Crippen LogP contribution is 2.31. The molecule has 0 spiro atoms. The van der Waals surface area contributed by atoms with Crippen LogP contribution < -0.4 is 10.1 Å². The summed E-state index contributed by atoms with van der Waals surface area (Å²) in [6.45, 7) is 2.07. The third kappa shape index (κ3) is 3.16. The number of halogens is 2. The molecular formula is C16H14BrClN2O3S. The lowest BCUT2D eigenvalue weighted by atomic mass is 9.95. The van der Waals surface area contributed by atoms with Crippen LogP contribution in [0.3, 0.4) is 0 Å². The van der Waals surface area contributed by atoms with E-state index < -0.39 is 11.6 Å². The average molecular weight is 430 g/mol. The number of thiophene rings is 1. The number of amides is 3. The van der Waals surface area contributed by atoms with Gasteiger partial charge in [-0.15, -0.1) is 0 Å². The van der Waals surface area contributed by atoms with Crippen LogP contribution in [0.5, 0.6) is 5.75 Å². The molecule has 3 amide bonds. The van der Waals surface area contributed by atoms with Gasteiger partial charge in [0.05, 0.1) is 11.0 Å². The molecule has 1 N–H and O–H groups in total. The monoisotopic (exact) mass is 428 g/mol. The highest BCUT2D eigenvalue weighted by Gasteiger charge is 2.48. The topological polar surface area (TPSA) is 58.6 Å². The summed E-state index contributed by atoms with van der Waals surface area (Å²) >= 11 is 10.7. The Morgan fingerprint density at radius 2 is 2.17 bits per heavy atom. The molecular weight excluding hydrogens is 416 g/mol. The predicted molar refractivity (Wildman–Crippen MR) is 96.6 cm³/mol. The first-order valence-corrected chi connectivity index (χ1v) is 9.28. The summed E-state index contributed by atoms with van der Waals surface area (Å²) in [6, 6.07) is 6.59. The smallest absolute Gasteiger partial charge is 0.325 e. The zero-order valence-corrected chi connectivity index (χ0v) is 15.9. The van der Waals surface area contributed by atoms with Crippen molar-refractivity contribution in [2.75, 3.05) is 13.2 Å². The second-order valence-electron chi connectivity index (χ2n) is 5.45. The van der Waals surface area contributed by atoms with Crippen molar-refractivity contribution in [2.24, 2.45) is 0 Å². The highest BCUT2D eigenvalue weighted by atomic mass is 79.9. The standard InChI is InChI=1S/C16H14BrClN2O3S/c1-16(10-4-7-24-9-10)14(21)20(15(22)19-16)5-6-23-13-3-2-11(18)8-12(13)17/h2-4,7-9H,5-6H2,1H3,(H,19,22). The Labute approximate surface area is 156 Å². The molecule has 2 aromatic rings. The van der Waals surface area contributed by atoms with Gasteiger partial charge in [-0.25, -0.2) is 4.79 Å². The van der Waals surface area contributed by atoms with Crippen molar-refractivity contribution in [3.05, 3.63) is 50.1 Å². The Bertz CT molecular complexity index is 784.